The van der Waals surface area contributed by atoms with Gasteiger partial charge in [0.1, 0.15) is 5.60 Å². The number of amides is 2. The normalized spacial score (nSPS) is 21.7. The molecule has 9 nitrogen and oxygen atoms in total. The van der Waals surface area contributed by atoms with Crippen LogP contribution in [0.25, 0.3) is 4.85 Å². The van der Waals surface area contributed by atoms with Gasteiger partial charge in [0.2, 0.25) is 5.69 Å². The molecule has 0 bridgehead atoms. The summed E-state index contributed by atoms with van der Waals surface area (Å²) in [6.07, 6.45) is 3.51. The molecule has 2 aliphatic heterocycles. The van der Waals surface area contributed by atoms with E-state index in [9.17, 15) is 9.59 Å². The number of likely N-dealkylation sites (tertiary alicyclic amines) is 1. The van der Waals surface area contributed by atoms with Crippen molar-refractivity contribution >= 4 is 40.7 Å². The van der Waals surface area contributed by atoms with Crippen molar-refractivity contribution in [1.82, 2.24) is 15.1 Å². The molecule has 2 aromatic carbocycles. The van der Waals surface area contributed by atoms with Gasteiger partial charge in [-0.15, -0.1) is 0 Å². The second-order valence-electron chi connectivity index (χ2n) is 12.6. The van der Waals surface area contributed by atoms with Crippen LogP contribution in [0.4, 0.5) is 21.9 Å². The maximum atomic E-state index is 13.0. The third-order valence-electron chi connectivity index (χ3n) is 8.34. The van der Waals surface area contributed by atoms with Crippen LogP contribution in [0.5, 0.6) is 0 Å². The fourth-order valence-electron chi connectivity index (χ4n) is 5.90. The number of carbonyl (C=O) groups excluding carboxylic acids is 2. The van der Waals surface area contributed by atoms with Gasteiger partial charge in [-0.2, -0.15) is 0 Å². The fraction of sp³-hybridized carbons (Fsp3) is 0.531. The number of benzene rings is 2. The zero-order valence-electron chi connectivity index (χ0n) is 24.7. The monoisotopic (exact) mass is 592 g/mol. The first kappa shape index (κ1) is 30.0. The number of carbonyl (C=O) groups is 2. The van der Waals surface area contributed by atoms with Crippen molar-refractivity contribution in [2.75, 3.05) is 49.5 Å². The molecule has 2 heterocycles. The molecule has 2 amide bonds. The van der Waals surface area contributed by atoms with Gasteiger partial charge in [0.25, 0.3) is 5.91 Å². The molecule has 5 rings (SSSR count). The Kier molecular flexibility index (Phi) is 9.14. The van der Waals surface area contributed by atoms with E-state index in [-0.39, 0.29) is 18.0 Å². The Morgan fingerprint density at radius 2 is 1.60 bits per heavy atom. The van der Waals surface area contributed by atoms with Gasteiger partial charge in [-0.3, -0.25) is 9.69 Å². The number of nitrogens with one attached hydrogen (secondary N) is 2. The summed E-state index contributed by atoms with van der Waals surface area (Å²) < 4.78 is 5.47. The molecule has 2 saturated heterocycles. The van der Waals surface area contributed by atoms with Crippen LogP contribution in [0.3, 0.4) is 0 Å². The van der Waals surface area contributed by atoms with Crippen LogP contribution < -0.4 is 15.5 Å². The molecule has 0 radical (unpaired) electrons. The second-order valence-corrected chi connectivity index (χ2v) is 13.0. The molecule has 0 unspecified atom stereocenters. The van der Waals surface area contributed by atoms with Crippen molar-refractivity contribution in [3.8, 4) is 0 Å². The highest BCUT2D eigenvalue weighted by Gasteiger charge is 2.38. The van der Waals surface area contributed by atoms with Gasteiger partial charge >= 0.3 is 6.09 Å². The lowest BCUT2D eigenvalue weighted by Crippen LogP contribution is -2.64. The summed E-state index contributed by atoms with van der Waals surface area (Å²) in [6, 6.07) is 14.3. The SMILES string of the molecule is [C-]#[N+]c1ccc(NC2CCC(NC(=O)c3ccc(N4CCN(C5CN(C(=O)OC(C)(C)C)C5)CC4)cc3)CC2)cc1Cl. The fourth-order valence-corrected chi connectivity index (χ4v) is 6.13. The first-order chi connectivity index (χ1) is 20.1. The van der Waals surface area contributed by atoms with Gasteiger partial charge in [0, 0.05) is 79.4 Å². The van der Waals surface area contributed by atoms with E-state index in [1.165, 1.54) is 0 Å². The Labute approximate surface area is 253 Å². The van der Waals surface area contributed by atoms with Crippen molar-refractivity contribution in [3.63, 3.8) is 0 Å². The van der Waals surface area contributed by atoms with E-state index >= 15 is 0 Å². The Balaban J connectivity index is 1.02. The third kappa shape index (κ3) is 7.47. The van der Waals surface area contributed by atoms with Crippen LogP contribution in [0.2, 0.25) is 5.02 Å². The van der Waals surface area contributed by atoms with E-state index in [1.54, 1.807) is 11.0 Å². The first-order valence-electron chi connectivity index (χ1n) is 14.9. The van der Waals surface area contributed by atoms with Crippen LogP contribution in [-0.4, -0.2) is 84.8 Å². The van der Waals surface area contributed by atoms with Crippen molar-refractivity contribution < 1.29 is 14.3 Å². The van der Waals surface area contributed by atoms with Gasteiger partial charge in [0.15, 0.2) is 0 Å². The molecule has 0 aromatic heterocycles. The van der Waals surface area contributed by atoms with E-state index in [0.29, 0.717) is 28.4 Å². The summed E-state index contributed by atoms with van der Waals surface area (Å²) in [6.45, 7) is 18.0. The standard InChI is InChI=1S/C32H41ClN6O3/c1-32(2,3)42-31(41)39-20-27(21-39)38-17-15-37(16-18-38)26-12-5-22(6-13-26)30(40)36-24-9-7-23(8-10-24)35-25-11-14-29(34-4)28(33)19-25/h5-6,11-14,19,23-24,27,35H,7-10,15-18,20-21H2,1-3H3,(H,36,40). The molecule has 1 saturated carbocycles. The zero-order valence-corrected chi connectivity index (χ0v) is 25.5. The molecule has 10 heteroatoms. The third-order valence-corrected chi connectivity index (χ3v) is 8.64. The minimum Gasteiger partial charge on any atom is -0.444 e. The maximum Gasteiger partial charge on any atom is 0.410 e. The molecule has 2 N–H and O–H groups in total. The van der Waals surface area contributed by atoms with Gasteiger partial charge in [-0.25, -0.2) is 9.64 Å². The average molecular weight is 593 g/mol. The summed E-state index contributed by atoms with van der Waals surface area (Å²) in [5.74, 6) is -0.0242. The van der Waals surface area contributed by atoms with Crippen LogP contribution in [0.1, 0.15) is 56.8 Å². The van der Waals surface area contributed by atoms with Crippen LogP contribution in [0.15, 0.2) is 42.5 Å². The molecule has 0 atom stereocenters. The minimum absolute atomic E-state index is 0.0242. The Hall–Kier alpha value is -3.48. The lowest BCUT2D eigenvalue weighted by atomic mass is 9.90. The highest BCUT2D eigenvalue weighted by Crippen LogP contribution is 2.30. The number of nitrogens with zero attached hydrogens (tertiary/aromatic N) is 4. The van der Waals surface area contributed by atoms with Crippen molar-refractivity contribution in [1.29, 1.82) is 0 Å². The van der Waals surface area contributed by atoms with Gasteiger partial charge < -0.3 is 25.2 Å². The lowest BCUT2D eigenvalue weighted by molar-refractivity contribution is -0.0162. The highest BCUT2D eigenvalue weighted by molar-refractivity contribution is 6.33. The average Bonchev–Trinajstić information content (AvgIpc) is 2.93. The number of anilines is 2. The Morgan fingerprint density at radius 3 is 2.19 bits per heavy atom. The summed E-state index contributed by atoms with van der Waals surface area (Å²) in [4.78, 5) is 35.2. The van der Waals surface area contributed by atoms with Gasteiger partial charge in [-0.1, -0.05) is 17.7 Å². The van der Waals surface area contributed by atoms with E-state index < -0.39 is 5.60 Å². The molecule has 2 aromatic rings. The number of piperazine rings is 1. The molecule has 224 valence electrons. The summed E-state index contributed by atoms with van der Waals surface area (Å²) in [7, 11) is 0. The van der Waals surface area contributed by atoms with E-state index in [2.05, 4.69) is 25.3 Å². The maximum absolute atomic E-state index is 13.0. The molecule has 3 aliphatic rings. The topological polar surface area (TPSA) is 81.5 Å². The quantitative estimate of drug-likeness (QED) is 0.414. The van der Waals surface area contributed by atoms with Gasteiger partial charge in [-0.05, 0) is 82.9 Å². The highest BCUT2D eigenvalue weighted by atomic mass is 35.5. The number of halogens is 1. The number of ether oxygens (including phenoxy) is 1. The van der Waals surface area contributed by atoms with E-state index in [1.807, 2.05) is 57.2 Å². The minimum atomic E-state index is -0.466. The van der Waals surface area contributed by atoms with Gasteiger partial charge in [0.05, 0.1) is 6.57 Å². The number of hydrogen-bond donors (Lipinski definition) is 2. The largest absolute Gasteiger partial charge is 0.444 e. The molecular formula is C32H41ClN6O3. The molecule has 1 aliphatic carbocycles. The summed E-state index contributed by atoms with van der Waals surface area (Å²) in [5, 5.41) is 7.20. The predicted octanol–water partition coefficient (Wildman–Crippen LogP) is 5.79. The Morgan fingerprint density at radius 1 is 0.952 bits per heavy atom. The summed E-state index contributed by atoms with van der Waals surface area (Å²) in [5.41, 5.74) is 2.74. The van der Waals surface area contributed by atoms with Crippen LogP contribution >= 0.6 is 11.6 Å². The Bertz CT molecular complexity index is 1300. The molecular weight excluding hydrogens is 552 g/mol. The molecule has 3 fully saturated rings. The molecule has 42 heavy (non-hydrogen) atoms. The van der Waals surface area contributed by atoms with Crippen molar-refractivity contribution in [2.24, 2.45) is 0 Å². The predicted molar refractivity (Wildman–Crippen MR) is 167 cm³/mol. The number of rotatable bonds is 6. The molecule has 0 spiro atoms. The van der Waals surface area contributed by atoms with E-state index in [4.69, 9.17) is 22.9 Å². The summed E-state index contributed by atoms with van der Waals surface area (Å²) >= 11 is 6.17. The van der Waals surface area contributed by atoms with E-state index in [0.717, 1.165) is 76.3 Å². The van der Waals surface area contributed by atoms with Crippen molar-refractivity contribution in [2.45, 2.75) is 70.2 Å². The first-order valence-corrected chi connectivity index (χ1v) is 15.3. The van der Waals surface area contributed by atoms with Crippen LogP contribution in [-0.2, 0) is 4.74 Å². The lowest BCUT2D eigenvalue weighted by Gasteiger charge is -2.48. The van der Waals surface area contributed by atoms with Crippen LogP contribution in [0, 0.1) is 6.57 Å². The number of hydrogen-bond acceptors (Lipinski definition) is 6. The zero-order chi connectivity index (χ0) is 29.9. The van der Waals surface area contributed by atoms with Crippen molar-refractivity contribution in [3.05, 3.63) is 64.5 Å². The smallest absolute Gasteiger partial charge is 0.410 e. The second kappa shape index (κ2) is 12.8.